The van der Waals surface area contributed by atoms with Crippen molar-refractivity contribution >= 4 is 11.6 Å². The fourth-order valence-electron chi connectivity index (χ4n) is 3.05. The van der Waals surface area contributed by atoms with Gasteiger partial charge in [-0.05, 0) is 31.5 Å². The number of aliphatic imine (C=N–C) groups is 1. The van der Waals surface area contributed by atoms with Crippen LogP contribution in [0.5, 0.6) is 0 Å². The Balaban J connectivity index is 2.01. The monoisotopic (exact) mass is 385 g/mol. The number of nitrogens with one attached hydrogen (secondary N) is 1. The molecule has 5 nitrogen and oxygen atoms in total. The van der Waals surface area contributed by atoms with Gasteiger partial charge in [0.05, 0.1) is 6.54 Å². The first kappa shape index (κ1) is 21.3. The summed E-state index contributed by atoms with van der Waals surface area (Å²) in [6, 6.07) is 6.76. The maximum Gasteiger partial charge on any atom is 0.403 e. The average Bonchev–Trinajstić information content (AvgIpc) is 2.64. The summed E-state index contributed by atoms with van der Waals surface area (Å²) in [6.45, 7) is 6.28. The van der Waals surface area contributed by atoms with Crippen LogP contribution in [-0.4, -0.2) is 74.8 Å². The van der Waals surface area contributed by atoms with Crippen LogP contribution in [0.1, 0.15) is 19.4 Å². The maximum atomic E-state index is 12.9. The largest absolute Gasteiger partial charge is 0.403 e. The lowest BCUT2D eigenvalue weighted by molar-refractivity contribution is -0.181. The molecule has 152 valence electrons. The van der Waals surface area contributed by atoms with Gasteiger partial charge in [-0.3, -0.25) is 4.90 Å². The van der Waals surface area contributed by atoms with Crippen LogP contribution in [0.4, 0.5) is 18.9 Å². The van der Waals surface area contributed by atoms with Gasteiger partial charge in [0, 0.05) is 52.5 Å². The molecule has 8 heteroatoms. The summed E-state index contributed by atoms with van der Waals surface area (Å²) in [5.74, 6) is 0.757. The lowest BCUT2D eigenvalue weighted by atomic mass is 10.2. The summed E-state index contributed by atoms with van der Waals surface area (Å²) >= 11 is 0. The highest BCUT2D eigenvalue weighted by molar-refractivity contribution is 5.80. The molecule has 1 fully saturated rings. The quantitative estimate of drug-likeness (QED) is 0.624. The highest BCUT2D eigenvalue weighted by Crippen LogP contribution is 2.25. The molecule has 0 aromatic heterocycles. The molecule has 27 heavy (non-hydrogen) atoms. The number of piperazine rings is 1. The Hall–Kier alpha value is -1.96. The molecule has 0 radical (unpaired) electrons. The predicted molar refractivity (Wildman–Crippen MR) is 104 cm³/mol. The number of nitrogens with zero attached hydrogens (tertiary/aromatic N) is 4. The van der Waals surface area contributed by atoms with Gasteiger partial charge in [0.25, 0.3) is 0 Å². The third kappa shape index (κ3) is 6.02. The van der Waals surface area contributed by atoms with Gasteiger partial charge in [0.1, 0.15) is 6.04 Å². The van der Waals surface area contributed by atoms with E-state index in [9.17, 15) is 13.2 Å². The number of anilines is 1. The van der Waals surface area contributed by atoms with E-state index in [1.165, 1.54) is 11.8 Å². The highest BCUT2D eigenvalue weighted by atomic mass is 19.4. The van der Waals surface area contributed by atoms with E-state index in [4.69, 9.17) is 4.99 Å². The van der Waals surface area contributed by atoms with Crippen LogP contribution in [-0.2, 0) is 6.54 Å². The summed E-state index contributed by atoms with van der Waals surface area (Å²) < 4.78 is 38.7. The summed E-state index contributed by atoms with van der Waals surface area (Å²) in [4.78, 5) is 10.3. The van der Waals surface area contributed by atoms with Crippen molar-refractivity contribution in [1.29, 1.82) is 0 Å². The highest BCUT2D eigenvalue weighted by Gasteiger charge is 2.41. The van der Waals surface area contributed by atoms with E-state index in [-0.39, 0.29) is 0 Å². The summed E-state index contributed by atoms with van der Waals surface area (Å²) in [5.41, 5.74) is 2.21. The van der Waals surface area contributed by atoms with Crippen molar-refractivity contribution in [3.05, 3.63) is 29.8 Å². The van der Waals surface area contributed by atoms with Crippen molar-refractivity contribution in [2.75, 3.05) is 51.7 Å². The zero-order valence-corrected chi connectivity index (χ0v) is 16.6. The van der Waals surface area contributed by atoms with E-state index >= 15 is 0 Å². The van der Waals surface area contributed by atoms with E-state index < -0.39 is 12.2 Å². The van der Waals surface area contributed by atoms with Crippen LogP contribution in [0.2, 0.25) is 0 Å². The van der Waals surface area contributed by atoms with Crippen LogP contribution >= 0.6 is 0 Å². The number of alkyl halides is 3. The van der Waals surface area contributed by atoms with E-state index in [0.29, 0.717) is 32.7 Å². The lowest BCUT2D eigenvalue weighted by Crippen LogP contribution is -2.56. The van der Waals surface area contributed by atoms with Crippen molar-refractivity contribution in [3.63, 3.8) is 0 Å². The van der Waals surface area contributed by atoms with Gasteiger partial charge in [-0.1, -0.05) is 12.1 Å². The van der Waals surface area contributed by atoms with E-state index in [1.54, 1.807) is 0 Å². The SMILES string of the molecule is CCNC(=NCc1cccc(N(C)C)c1)N1CCN(C(C)C(F)(F)F)CC1. The van der Waals surface area contributed by atoms with Gasteiger partial charge in [-0.2, -0.15) is 13.2 Å². The first-order valence-electron chi connectivity index (χ1n) is 9.32. The Morgan fingerprint density at radius 1 is 1.22 bits per heavy atom. The third-order valence-corrected chi connectivity index (χ3v) is 4.81. The second kappa shape index (κ2) is 9.30. The van der Waals surface area contributed by atoms with E-state index in [0.717, 1.165) is 23.8 Å². The molecule has 1 aliphatic rings. The molecule has 1 saturated heterocycles. The molecule has 1 atom stereocenters. The molecule has 1 aliphatic heterocycles. The number of hydrogen-bond donors (Lipinski definition) is 1. The molecule has 0 saturated carbocycles. The normalized spacial score (nSPS) is 17.7. The Morgan fingerprint density at radius 2 is 1.89 bits per heavy atom. The van der Waals surface area contributed by atoms with E-state index in [1.807, 2.05) is 49.0 Å². The van der Waals surface area contributed by atoms with Crippen molar-refractivity contribution < 1.29 is 13.2 Å². The molecular weight excluding hydrogens is 355 g/mol. The second-order valence-corrected chi connectivity index (χ2v) is 6.98. The van der Waals surface area contributed by atoms with Gasteiger partial charge in [0.2, 0.25) is 0 Å². The molecule has 0 bridgehead atoms. The van der Waals surface area contributed by atoms with Crippen LogP contribution in [0.25, 0.3) is 0 Å². The predicted octanol–water partition coefficient (Wildman–Crippen LogP) is 2.79. The van der Waals surface area contributed by atoms with Gasteiger partial charge >= 0.3 is 6.18 Å². The van der Waals surface area contributed by atoms with Gasteiger partial charge < -0.3 is 15.1 Å². The number of hydrogen-bond acceptors (Lipinski definition) is 3. The Bertz CT molecular complexity index is 622. The minimum Gasteiger partial charge on any atom is -0.378 e. The van der Waals surface area contributed by atoms with Gasteiger partial charge in [-0.25, -0.2) is 4.99 Å². The lowest BCUT2D eigenvalue weighted by Gasteiger charge is -2.39. The Labute approximate surface area is 159 Å². The Morgan fingerprint density at radius 3 is 2.44 bits per heavy atom. The number of benzene rings is 1. The van der Waals surface area contributed by atoms with Crippen molar-refractivity contribution in [1.82, 2.24) is 15.1 Å². The molecule has 0 aliphatic carbocycles. The number of guanidine groups is 1. The van der Waals surface area contributed by atoms with E-state index in [2.05, 4.69) is 11.4 Å². The maximum absolute atomic E-state index is 12.9. The third-order valence-electron chi connectivity index (χ3n) is 4.81. The van der Waals surface area contributed by atoms with Gasteiger partial charge in [-0.15, -0.1) is 0 Å². The zero-order chi connectivity index (χ0) is 20.0. The van der Waals surface area contributed by atoms with Crippen LogP contribution in [0, 0.1) is 0 Å². The topological polar surface area (TPSA) is 34.1 Å². The molecule has 0 amide bonds. The van der Waals surface area contributed by atoms with Crippen molar-refractivity contribution in [2.45, 2.75) is 32.6 Å². The molecule has 1 heterocycles. The van der Waals surface area contributed by atoms with Crippen LogP contribution < -0.4 is 10.2 Å². The molecule has 2 rings (SSSR count). The zero-order valence-electron chi connectivity index (χ0n) is 16.6. The van der Waals surface area contributed by atoms with Crippen molar-refractivity contribution in [3.8, 4) is 0 Å². The molecule has 1 aromatic carbocycles. The minimum atomic E-state index is -4.18. The fourth-order valence-corrected chi connectivity index (χ4v) is 3.05. The second-order valence-electron chi connectivity index (χ2n) is 6.98. The van der Waals surface area contributed by atoms with Crippen molar-refractivity contribution in [2.24, 2.45) is 4.99 Å². The smallest absolute Gasteiger partial charge is 0.378 e. The molecule has 1 unspecified atom stereocenters. The standard InChI is InChI=1S/C19H30F3N5/c1-5-23-18(24-14-16-7-6-8-17(13-16)25(3)4)27-11-9-26(10-12-27)15(2)19(20,21)22/h6-8,13,15H,5,9-12,14H2,1-4H3,(H,23,24). The average molecular weight is 385 g/mol. The fraction of sp³-hybridized carbons (Fsp3) is 0.632. The summed E-state index contributed by atoms with van der Waals surface area (Å²) in [5, 5.41) is 3.26. The summed E-state index contributed by atoms with van der Waals surface area (Å²) in [7, 11) is 3.99. The molecule has 1 aromatic rings. The Kier molecular flexibility index (Phi) is 7.35. The first-order valence-corrected chi connectivity index (χ1v) is 9.32. The van der Waals surface area contributed by atoms with Crippen LogP contribution in [0.3, 0.4) is 0 Å². The minimum absolute atomic E-state index is 0.376. The molecule has 1 N–H and O–H groups in total. The first-order chi connectivity index (χ1) is 12.7. The summed E-state index contributed by atoms with van der Waals surface area (Å²) in [6.07, 6.45) is -4.18. The van der Waals surface area contributed by atoms with Gasteiger partial charge in [0.15, 0.2) is 5.96 Å². The molecule has 0 spiro atoms. The number of halogens is 3. The van der Waals surface area contributed by atoms with Crippen LogP contribution in [0.15, 0.2) is 29.3 Å². The molecular formula is C19H30F3N5. The number of rotatable bonds is 5.